The molecule has 20 heteroatoms. The highest BCUT2D eigenvalue weighted by atomic mass is 31.3. The zero-order valence-corrected chi connectivity index (χ0v) is 57.7. The van der Waals surface area contributed by atoms with E-state index in [0.29, 0.717) is 12.8 Å². The maximum absolute atomic E-state index is 12.9. The second-order valence-electron chi connectivity index (χ2n) is 24.8. The van der Waals surface area contributed by atoms with Crippen LogP contribution in [0, 0.1) is 0 Å². The van der Waals surface area contributed by atoms with Gasteiger partial charge in [-0.2, -0.15) is 0 Å². The molecule has 0 aromatic rings. The number of ether oxygens (including phenoxy) is 3. The van der Waals surface area contributed by atoms with Crippen molar-refractivity contribution in [2.75, 3.05) is 19.8 Å². The van der Waals surface area contributed by atoms with Crippen molar-refractivity contribution >= 4 is 21.6 Å². The standard InChI is InChI=1S/C69H115NO17P2/c1-48(2)24-14-25-49(3)26-15-27-50(4)28-16-29-51(5)30-17-31-52(6)32-18-33-53(7)34-19-35-54(8)36-20-37-55(9)38-21-39-56(10)40-22-41-57(11)42-23-43-58(12)44-45-82-88(78,79)87-89(80,81)86-68-62(70-59(13)73)64(75)67(61(47-72)84-68)85-69-66(77)65(76)63(74)60(46-71)83-69/h24,26,28,30,32,34,36,38,40,42,44,60-69,71-72,74-77H,14-23,25,27,29,31,33,35,37,39,41,43,45-47H2,1-13H3,(H,70,73)(H,78,79)(H,80,81)/p-2/b49-26+,50-28+,51-30-,52-32-,53-34-,54-36-,55-38-,56-40-,57-42-,58-44-/t60-,61-,62-,63-,64-,65+,66-,67-,68-,69+/m1/s1. The number of phosphoric ester groups is 2. The van der Waals surface area contributed by atoms with E-state index in [2.05, 4.69) is 147 Å². The van der Waals surface area contributed by atoms with E-state index in [-0.39, 0.29) is 0 Å². The summed E-state index contributed by atoms with van der Waals surface area (Å²) in [6.07, 6.45) is 29.3. The Morgan fingerprint density at radius 2 is 0.742 bits per heavy atom. The van der Waals surface area contributed by atoms with Crippen molar-refractivity contribution in [1.82, 2.24) is 5.32 Å². The Morgan fingerprint density at radius 1 is 0.427 bits per heavy atom. The number of hydrogen-bond acceptors (Lipinski definition) is 17. The molecule has 2 rings (SSSR count). The average Bonchev–Trinajstić information content (AvgIpc) is 0.975. The Hall–Kier alpha value is -3.49. The van der Waals surface area contributed by atoms with Gasteiger partial charge >= 0.3 is 0 Å². The number of allylic oxidation sites excluding steroid dienone is 21. The first-order chi connectivity index (χ1) is 42.0. The number of carbonyl (C=O) groups is 1. The number of rotatable bonds is 42. The summed E-state index contributed by atoms with van der Waals surface area (Å²) in [5, 5.41) is 63.7. The summed E-state index contributed by atoms with van der Waals surface area (Å²) in [4.78, 5) is 37.6. The van der Waals surface area contributed by atoms with Crippen molar-refractivity contribution in [3.63, 3.8) is 0 Å². The SMILES string of the molecule is CC(=O)N[C@H]1[C@@H](OP(=O)([O-])OP(=O)([O-])OC/C=C(/C)CC/C=C(/C)CC/C=C(/C)CC/C=C(/C)CC/C=C(/C)CC/C=C(/C)CC/C=C(/C)CC/C=C(/C)CC/C=C(\C)CC/C=C(\C)CCC=C(C)C)O[C@H](CO)[C@@H](O[C@@H]2O[C@H](CO)[C@@H](O)[C@H](O)[C@H]2O)[C@@H]1O. The number of aliphatic hydroxyl groups is 6. The van der Waals surface area contributed by atoms with Gasteiger partial charge in [0, 0.05) is 6.92 Å². The van der Waals surface area contributed by atoms with Crippen LogP contribution in [-0.4, -0.2) is 118 Å². The largest absolute Gasteiger partial charge is 0.756 e. The minimum atomic E-state index is -5.92. The highest BCUT2D eigenvalue weighted by molar-refractivity contribution is 7.59. The lowest BCUT2D eigenvalue weighted by molar-refractivity contribution is -0.347. The molecule has 0 aromatic heterocycles. The van der Waals surface area contributed by atoms with Gasteiger partial charge in [0.15, 0.2) is 12.6 Å². The average molecular weight is 1290 g/mol. The predicted octanol–water partition coefficient (Wildman–Crippen LogP) is 13.0. The fourth-order valence-corrected chi connectivity index (χ4v) is 12.2. The normalized spacial score (nSPS) is 25.7. The lowest BCUT2D eigenvalue weighted by Gasteiger charge is -2.47. The van der Waals surface area contributed by atoms with Crippen LogP contribution in [0.1, 0.15) is 218 Å². The third kappa shape index (κ3) is 35.9. The number of nitrogens with one attached hydrogen (secondary N) is 1. The summed E-state index contributed by atoms with van der Waals surface area (Å²) in [6, 6.07) is -1.83. The molecule has 18 nitrogen and oxygen atoms in total. The molecule has 2 aliphatic heterocycles. The molecular weight excluding hydrogens is 1180 g/mol. The maximum atomic E-state index is 12.9. The Kier molecular flexibility index (Phi) is 40.5. The van der Waals surface area contributed by atoms with Gasteiger partial charge in [0.2, 0.25) is 5.91 Å². The van der Waals surface area contributed by atoms with Gasteiger partial charge in [-0.25, -0.2) is 4.31 Å². The molecule has 508 valence electrons. The summed E-state index contributed by atoms with van der Waals surface area (Å²) in [7, 11) is -11.5. The van der Waals surface area contributed by atoms with Gasteiger partial charge in [-0.05, 0) is 212 Å². The highest BCUT2D eigenvalue weighted by Crippen LogP contribution is 2.57. The van der Waals surface area contributed by atoms with Crippen molar-refractivity contribution in [2.45, 2.75) is 280 Å². The van der Waals surface area contributed by atoms with Crippen LogP contribution in [0.15, 0.2) is 128 Å². The summed E-state index contributed by atoms with van der Waals surface area (Å²) in [5.74, 6) is -0.843. The minimum Gasteiger partial charge on any atom is -0.756 e. The number of hydrogen-bond donors (Lipinski definition) is 7. The van der Waals surface area contributed by atoms with Gasteiger partial charge in [0.25, 0.3) is 15.6 Å². The van der Waals surface area contributed by atoms with Crippen molar-refractivity contribution in [3.8, 4) is 0 Å². The fourth-order valence-electron chi connectivity index (χ4n) is 10.1. The monoisotopic (exact) mass is 1290 g/mol. The molecule has 2 unspecified atom stereocenters. The van der Waals surface area contributed by atoms with Crippen LogP contribution in [-0.2, 0) is 41.5 Å². The quantitative estimate of drug-likeness (QED) is 0.0221. The summed E-state index contributed by atoms with van der Waals surface area (Å²) < 4.78 is 55.7. The molecule has 2 fully saturated rings. The first kappa shape index (κ1) is 81.6. The fraction of sp³-hybridized carbons (Fsp3) is 0.667. The van der Waals surface area contributed by atoms with Crippen molar-refractivity contribution in [1.29, 1.82) is 0 Å². The van der Waals surface area contributed by atoms with E-state index in [0.717, 1.165) is 128 Å². The van der Waals surface area contributed by atoms with Crippen LogP contribution >= 0.6 is 15.6 Å². The number of phosphoric acid groups is 2. The van der Waals surface area contributed by atoms with E-state index in [4.69, 9.17) is 23.3 Å². The zero-order chi connectivity index (χ0) is 66.7. The number of amides is 1. The lowest BCUT2D eigenvalue weighted by atomic mass is 9.95. The molecule has 0 radical (unpaired) electrons. The molecule has 89 heavy (non-hydrogen) atoms. The first-order valence-electron chi connectivity index (χ1n) is 32.0. The second kappa shape index (κ2) is 44.2. The van der Waals surface area contributed by atoms with Crippen LogP contribution in [0.2, 0.25) is 0 Å². The van der Waals surface area contributed by atoms with E-state index in [1.807, 2.05) is 0 Å². The van der Waals surface area contributed by atoms with Crippen LogP contribution in [0.3, 0.4) is 0 Å². The van der Waals surface area contributed by atoms with Gasteiger partial charge in [-0.3, -0.25) is 18.4 Å². The Morgan fingerprint density at radius 3 is 1.06 bits per heavy atom. The van der Waals surface area contributed by atoms with Gasteiger partial charge in [0.1, 0.15) is 48.8 Å². The van der Waals surface area contributed by atoms with Gasteiger partial charge in [-0.15, -0.1) is 0 Å². The number of carbonyl (C=O) groups excluding carboxylic acids is 1. The molecule has 7 N–H and O–H groups in total. The van der Waals surface area contributed by atoms with Gasteiger partial charge in [-0.1, -0.05) is 128 Å². The topological polar surface area (TPSA) is 286 Å². The van der Waals surface area contributed by atoms with E-state index in [1.165, 1.54) is 61.8 Å². The summed E-state index contributed by atoms with van der Waals surface area (Å²) >= 11 is 0. The molecule has 2 heterocycles. The first-order valence-corrected chi connectivity index (χ1v) is 34.9. The lowest BCUT2D eigenvalue weighted by Crippen LogP contribution is -2.67. The van der Waals surface area contributed by atoms with Crippen molar-refractivity contribution in [2.24, 2.45) is 0 Å². The molecule has 1 amide bonds. The molecule has 2 saturated heterocycles. The molecule has 0 bridgehead atoms. The smallest absolute Gasteiger partial charge is 0.276 e. The zero-order valence-electron chi connectivity index (χ0n) is 56.0. The molecule has 12 atom stereocenters. The van der Waals surface area contributed by atoms with E-state index >= 15 is 0 Å². The number of aliphatic hydroxyl groups excluding tert-OH is 6. The maximum Gasteiger partial charge on any atom is 0.276 e. The third-order valence-corrected chi connectivity index (χ3v) is 18.4. The Labute approximate surface area is 534 Å². The molecule has 0 spiro atoms. The molecule has 0 saturated carbocycles. The molecule has 0 aliphatic carbocycles. The third-order valence-electron chi connectivity index (χ3n) is 15.8. The second-order valence-corrected chi connectivity index (χ2v) is 27.7. The van der Waals surface area contributed by atoms with Crippen LogP contribution in [0.25, 0.3) is 0 Å². The van der Waals surface area contributed by atoms with Crippen LogP contribution < -0.4 is 15.1 Å². The van der Waals surface area contributed by atoms with Crippen molar-refractivity contribution < 1.29 is 81.9 Å². The van der Waals surface area contributed by atoms with Gasteiger partial charge < -0.3 is 64.5 Å². The van der Waals surface area contributed by atoms with Crippen molar-refractivity contribution in [3.05, 3.63) is 128 Å². The Balaban J connectivity index is 1.68. The van der Waals surface area contributed by atoms with E-state index in [1.54, 1.807) is 6.92 Å². The molecule has 2 aliphatic rings. The van der Waals surface area contributed by atoms with E-state index < -0.39 is 103 Å². The van der Waals surface area contributed by atoms with Crippen LogP contribution in [0.5, 0.6) is 0 Å². The summed E-state index contributed by atoms with van der Waals surface area (Å²) in [5.41, 5.74) is 15.1. The predicted molar refractivity (Wildman–Crippen MR) is 351 cm³/mol. The minimum absolute atomic E-state index is 0.562. The highest BCUT2D eigenvalue weighted by Gasteiger charge is 2.52. The molecule has 0 aromatic carbocycles. The molecular formula is C69H113NO17P2-2. The summed E-state index contributed by atoms with van der Waals surface area (Å²) in [6.45, 7) is 24.8. The Bertz CT molecular complexity index is 2590. The van der Waals surface area contributed by atoms with E-state index in [9.17, 15) is 54.4 Å². The van der Waals surface area contributed by atoms with Gasteiger partial charge in [0.05, 0.1) is 19.8 Å². The van der Waals surface area contributed by atoms with Crippen LogP contribution in [0.4, 0.5) is 0 Å².